The van der Waals surface area contributed by atoms with Gasteiger partial charge >= 0.3 is 0 Å². The highest BCUT2D eigenvalue weighted by Gasteiger charge is 2.15. The van der Waals surface area contributed by atoms with E-state index in [-0.39, 0.29) is 0 Å². The number of rotatable bonds is 8. The van der Waals surface area contributed by atoms with Gasteiger partial charge in [-0.1, -0.05) is 44.2 Å². The van der Waals surface area contributed by atoms with Crippen LogP contribution < -0.4 is 5.32 Å². The van der Waals surface area contributed by atoms with Gasteiger partial charge in [0.25, 0.3) is 0 Å². The second kappa shape index (κ2) is 7.85. The molecule has 3 nitrogen and oxygen atoms in total. The predicted octanol–water partition coefficient (Wildman–Crippen LogP) is 3.58. The van der Waals surface area contributed by atoms with Crippen LogP contribution in [0.15, 0.2) is 42.7 Å². The zero-order chi connectivity index (χ0) is 14.2. The summed E-state index contributed by atoms with van der Waals surface area (Å²) in [5.41, 5.74) is 1.39. The van der Waals surface area contributed by atoms with E-state index >= 15 is 0 Å². The molecule has 0 aliphatic carbocycles. The molecule has 2 rings (SSSR count). The van der Waals surface area contributed by atoms with Gasteiger partial charge in [0.15, 0.2) is 0 Å². The average molecular weight is 271 g/mol. The van der Waals surface area contributed by atoms with E-state index in [9.17, 15) is 0 Å². The van der Waals surface area contributed by atoms with Crippen molar-refractivity contribution in [3.8, 4) is 0 Å². The first-order valence-electron chi connectivity index (χ1n) is 7.63. The van der Waals surface area contributed by atoms with Crippen molar-refractivity contribution >= 4 is 0 Å². The fourth-order valence-corrected chi connectivity index (χ4v) is 2.59. The number of aryl methyl sites for hydroxylation is 2. The second-order valence-corrected chi connectivity index (χ2v) is 5.11. The number of benzene rings is 1. The summed E-state index contributed by atoms with van der Waals surface area (Å²) >= 11 is 0. The molecule has 0 amide bonds. The maximum Gasteiger partial charge on any atom is 0.125 e. The Hall–Kier alpha value is -1.61. The molecule has 0 aliphatic heterocycles. The molecule has 0 spiro atoms. The van der Waals surface area contributed by atoms with Crippen molar-refractivity contribution in [3.05, 3.63) is 54.1 Å². The smallest absolute Gasteiger partial charge is 0.125 e. The molecule has 0 saturated carbocycles. The van der Waals surface area contributed by atoms with Crippen molar-refractivity contribution in [1.29, 1.82) is 0 Å². The van der Waals surface area contributed by atoms with Gasteiger partial charge < -0.3 is 9.88 Å². The molecule has 1 unspecified atom stereocenters. The van der Waals surface area contributed by atoms with E-state index in [2.05, 4.69) is 65.2 Å². The lowest BCUT2D eigenvalue weighted by Gasteiger charge is -2.19. The monoisotopic (exact) mass is 271 g/mol. The van der Waals surface area contributed by atoms with E-state index in [1.807, 2.05) is 6.20 Å². The van der Waals surface area contributed by atoms with Crippen LogP contribution in [0.3, 0.4) is 0 Å². The number of hydrogen-bond donors (Lipinski definition) is 1. The van der Waals surface area contributed by atoms with E-state index in [1.54, 1.807) is 0 Å². The third-order valence-electron chi connectivity index (χ3n) is 3.54. The van der Waals surface area contributed by atoms with Gasteiger partial charge in [0, 0.05) is 18.9 Å². The lowest BCUT2D eigenvalue weighted by molar-refractivity contribution is 0.463. The van der Waals surface area contributed by atoms with Crippen LogP contribution in [-0.4, -0.2) is 16.1 Å². The highest BCUT2D eigenvalue weighted by molar-refractivity contribution is 5.15. The number of hydrogen-bond acceptors (Lipinski definition) is 2. The van der Waals surface area contributed by atoms with Gasteiger partial charge in [-0.15, -0.1) is 0 Å². The van der Waals surface area contributed by atoms with E-state index < -0.39 is 0 Å². The van der Waals surface area contributed by atoms with Crippen LogP contribution in [0, 0.1) is 0 Å². The SMILES string of the molecule is CCCn1ccnc1C(CCc1ccccc1)NCC. The molecule has 0 saturated heterocycles. The summed E-state index contributed by atoms with van der Waals surface area (Å²) in [7, 11) is 0. The van der Waals surface area contributed by atoms with Crippen LogP contribution in [0.25, 0.3) is 0 Å². The molecule has 0 aliphatic rings. The van der Waals surface area contributed by atoms with Crippen molar-refractivity contribution < 1.29 is 0 Å². The van der Waals surface area contributed by atoms with Crippen LogP contribution in [-0.2, 0) is 13.0 Å². The standard InChI is InChI=1S/C17H25N3/c1-3-13-20-14-12-19-17(20)16(18-4-2)11-10-15-8-6-5-7-9-15/h5-9,12,14,16,18H,3-4,10-11,13H2,1-2H3. The molecule has 1 atom stereocenters. The number of aromatic nitrogens is 2. The molecule has 2 aromatic rings. The Morgan fingerprint density at radius 1 is 1.20 bits per heavy atom. The first-order chi connectivity index (χ1) is 9.85. The van der Waals surface area contributed by atoms with Crippen LogP contribution in [0.5, 0.6) is 0 Å². The molecule has 108 valence electrons. The largest absolute Gasteiger partial charge is 0.334 e. The first-order valence-corrected chi connectivity index (χ1v) is 7.63. The minimum Gasteiger partial charge on any atom is -0.334 e. The van der Waals surface area contributed by atoms with Gasteiger partial charge in [0.2, 0.25) is 0 Å². The van der Waals surface area contributed by atoms with Gasteiger partial charge in [0.1, 0.15) is 5.82 Å². The van der Waals surface area contributed by atoms with E-state index in [0.29, 0.717) is 6.04 Å². The van der Waals surface area contributed by atoms with Gasteiger partial charge in [-0.05, 0) is 31.4 Å². The highest BCUT2D eigenvalue weighted by atomic mass is 15.1. The topological polar surface area (TPSA) is 29.9 Å². The summed E-state index contributed by atoms with van der Waals surface area (Å²) in [6.07, 6.45) is 7.31. The Morgan fingerprint density at radius 2 is 2.00 bits per heavy atom. The van der Waals surface area contributed by atoms with Crippen molar-refractivity contribution in [2.45, 2.75) is 45.7 Å². The number of nitrogens with one attached hydrogen (secondary N) is 1. The Bertz CT molecular complexity index is 490. The van der Waals surface area contributed by atoms with Gasteiger partial charge in [-0.3, -0.25) is 0 Å². The first kappa shape index (κ1) is 14.8. The Balaban J connectivity index is 2.04. The van der Waals surface area contributed by atoms with Crippen LogP contribution in [0.1, 0.15) is 44.1 Å². The zero-order valence-electron chi connectivity index (χ0n) is 12.5. The van der Waals surface area contributed by atoms with Crippen molar-refractivity contribution in [1.82, 2.24) is 14.9 Å². The second-order valence-electron chi connectivity index (χ2n) is 5.11. The highest BCUT2D eigenvalue weighted by Crippen LogP contribution is 2.18. The molecule has 1 aromatic carbocycles. The fraction of sp³-hybridized carbons (Fsp3) is 0.471. The summed E-state index contributed by atoms with van der Waals surface area (Å²) in [5, 5.41) is 3.57. The molecule has 1 heterocycles. The third-order valence-corrected chi connectivity index (χ3v) is 3.54. The van der Waals surface area contributed by atoms with Crippen LogP contribution >= 0.6 is 0 Å². The van der Waals surface area contributed by atoms with Crippen molar-refractivity contribution in [2.75, 3.05) is 6.54 Å². The minimum atomic E-state index is 0.335. The van der Waals surface area contributed by atoms with Crippen LogP contribution in [0.4, 0.5) is 0 Å². The average Bonchev–Trinajstić information content (AvgIpc) is 2.93. The lowest BCUT2D eigenvalue weighted by Crippen LogP contribution is -2.25. The summed E-state index contributed by atoms with van der Waals surface area (Å²) in [6.45, 7) is 6.37. The predicted molar refractivity (Wildman–Crippen MR) is 83.7 cm³/mol. The molecular weight excluding hydrogens is 246 g/mol. The molecule has 3 heteroatoms. The van der Waals surface area contributed by atoms with E-state index in [4.69, 9.17) is 0 Å². The van der Waals surface area contributed by atoms with Gasteiger partial charge in [-0.2, -0.15) is 0 Å². The normalized spacial score (nSPS) is 12.5. The van der Waals surface area contributed by atoms with Gasteiger partial charge in [-0.25, -0.2) is 4.98 Å². The molecule has 0 radical (unpaired) electrons. The van der Waals surface area contributed by atoms with E-state index in [0.717, 1.165) is 32.4 Å². The molecule has 0 bridgehead atoms. The van der Waals surface area contributed by atoms with Crippen LogP contribution in [0.2, 0.25) is 0 Å². The quantitative estimate of drug-likeness (QED) is 0.795. The third kappa shape index (κ3) is 3.94. The Kier molecular flexibility index (Phi) is 5.81. The zero-order valence-corrected chi connectivity index (χ0v) is 12.5. The number of imidazole rings is 1. The molecule has 1 N–H and O–H groups in total. The molecule has 1 aromatic heterocycles. The summed E-state index contributed by atoms with van der Waals surface area (Å²) < 4.78 is 2.28. The lowest BCUT2D eigenvalue weighted by atomic mass is 10.0. The number of nitrogens with zero attached hydrogens (tertiary/aromatic N) is 2. The molecule has 20 heavy (non-hydrogen) atoms. The summed E-state index contributed by atoms with van der Waals surface area (Å²) in [5.74, 6) is 1.17. The minimum absolute atomic E-state index is 0.335. The summed E-state index contributed by atoms with van der Waals surface area (Å²) in [6, 6.07) is 11.0. The maximum atomic E-state index is 4.57. The maximum absolute atomic E-state index is 4.57. The Morgan fingerprint density at radius 3 is 2.70 bits per heavy atom. The fourth-order valence-electron chi connectivity index (χ4n) is 2.59. The molecule has 0 fully saturated rings. The molecular formula is C17H25N3. The van der Waals surface area contributed by atoms with Crippen molar-refractivity contribution in [2.24, 2.45) is 0 Å². The summed E-state index contributed by atoms with van der Waals surface area (Å²) in [4.78, 5) is 4.57. The Labute approximate surface area is 122 Å². The van der Waals surface area contributed by atoms with Gasteiger partial charge in [0.05, 0.1) is 6.04 Å². The van der Waals surface area contributed by atoms with Crippen molar-refractivity contribution in [3.63, 3.8) is 0 Å². The van der Waals surface area contributed by atoms with E-state index in [1.165, 1.54) is 11.4 Å².